The molecule has 1 aliphatic rings. The highest BCUT2D eigenvalue weighted by atomic mass is 32.2. The average Bonchev–Trinajstić information content (AvgIpc) is 3.50. The summed E-state index contributed by atoms with van der Waals surface area (Å²) in [7, 11) is 0.262. The van der Waals surface area contributed by atoms with E-state index >= 15 is 0 Å². The number of rotatable bonds is 8. The highest BCUT2D eigenvalue weighted by molar-refractivity contribution is 8.13. The van der Waals surface area contributed by atoms with Crippen molar-refractivity contribution in [1.29, 1.82) is 5.26 Å². The van der Waals surface area contributed by atoms with Crippen LogP contribution >= 0.6 is 10.5 Å². The van der Waals surface area contributed by atoms with E-state index in [1.165, 1.54) is 25.7 Å². The predicted molar refractivity (Wildman–Crippen MR) is 121 cm³/mol. The summed E-state index contributed by atoms with van der Waals surface area (Å²) in [5, 5.41) is 17.1. The molecule has 0 saturated heterocycles. The summed E-state index contributed by atoms with van der Waals surface area (Å²) >= 11 is 0. The lowest BCUT2D eigenvalue weighted by molar-refractivity contribution is 0.114. The van der Waals surface area contributed by atoms with Crippen LogP contribution in [0.15, 0.2) is 31.0 Å². The van der Waals surface area contributed by atoms with E-state index in [0.717, 1.165) is 22.3 Å². The van der Waals surface area contributed by atoms with Crippen molar-refractivity contribution in [3.8, 4) is 17.3 Å². The van der Waals surface area contributed by atoms with E-state index in [4.69, 9.17) is 4.74 Å². The summed E-state index contributed by atoms with van der Waals surface area (Å²) in [6, 6.07) is 4.52. The molecule has 3 heterocycles. The van der Waals surface area contributed by atoms with Gasteiger partial charge in [0.15, 0.2) is 0 Å². The van der Waals surface area contributed by atoms with E-state index in [-0.39, 0.29) is 16.5 Å². The molecular formula is C22H28N6OS. The number of hydrogen-bond acceptors (Lipinski definition) is 5. The lowest BCUT2D eigenvalue weighted by Gasteiger charge is -2.21. The maximum atomic E-state index is 9.32. The van der Waals surface area contributed by atoms with Gasteiger partial charge in [-0.2, -0.15) is 20.8 Å². The van der Waals surface area contributed by atoms with E-state index < -0.39 is 0 Å². The van der Waals surface area contributed by atoms with Gasteiger partial charge in [0.25, 0.3) is 0 Å². The molecule has 1 saturated carbocycles. The van der Waals surface area contributed by atoms with Gasteiger partial charge in [0.2, 0.25) is 0 Å². The van der Waals surface area contributed by atoms with Crippen molar-refractivity contribution in [2.24, 2.45) is 5.92 Å². The molecule has 7 nitrogen and oxygen atoms in total. The van der Waals surface area contributed by atoms with Crippen LogP contribution in [-0.2, 0) is 11.5 Å². The van der Waals surface area contributed by atoms with Crippen molar-refractivity contribution >= 4 is 26.9 Å². The average molecular weight is 425 g/mol. The van der Waals surface area contributed by atoms with Crippen molar-refractivity contribution in [3.63, 3.8) is 0 Å². The molecule has 30 heavy (non-hydrogen) atoms. The minimum atomic E-state index is 0.138. The zero-order chi connectivity index (χ0) is 20.9. The van der Waals surface area contributed by atoms with Crippen LogP contribution in [0, 0.1) is 17.2 Å². The van der Waals surface area contributed by atoms with Gasteiger partial charge >= 0.3 is 0 Å². The van der Waals surface area contributed by atoms with E-state index in [9.17, 15) is 5.26 Å². The molecule has 0 spiro atoms. The Morgan fingerprint density at radius 1 is 1.33 bits per heavy atom. The van der Waals surface area contributed by atoms with Gasteiger partial charge in [0, 0.05) is 23.3 Å². The topological polar surface area (TPSA) is 81.5 Å². The molecule has 8 heteroatoms. The Labute approximate surface area is 179 Å². The largest absolute Gasteiger partial charge is 0.356 e. The van der Waals surface area contributed by atoms with Crippen LogP contribution < -0.4 is 0 Å². The van der Waals surface area contributed by atoms with E-state index in [1.54, 1.807) is 6.33 Å². The summed E-state index contributed by atoms with van der Waals surface area (Å²) < 4.78 is 9.75. The first-order valence-corrected chi connectivity index (χ1v) is 12.5. The van der Waals surface area contributed by atoms with Gasteiger partial charge < -0.3 is 9.30 Å². The predicted octanol–water partition coefficient (Wildman–Crippen LogP) is 4.24. The number of hydrogen-bond donors (Lipinski definition) is 0. The van der Waals surface area contributed by atoms with Crippen LogP contribution in [0.3, 0.4) is 0 Å². The number of fused-ring (bicyclic) bond motifs is 1. The Bertz CT molecular complexity index is 1070. The first-order valence-electron chi connectivity index (χ1n) is 10.4. The molecule has 0 aliphatic heterocycles. The highest BCUT2D eigenvalue weighted by Gasteiger charge is 2.27. The Morgan fingerprint density at radius 2 is 2.17 bits per heavy atom. The summed E-state index contributed by atoms with van der Waals surface area (Å²) in [5.74, 6) is 0.532. The summed E-state index contributed by atoms with van der Waals surface area (Å²) in [6.07, 6.45) is 17.2. The molecule has 1 aliphatic carbocycles. The molecule has 3 aromatic heterocycles. The van der Waals surface area contributed by atoms with Crippen LogP contribution in [0.2, 0.25) is 0 Å². The molecule has 4 rings (SSSR count). The summed E-state index contributed by atoms with van der Waals surface area (Å²) in [5.41, 5.74) is 2.67. The fourth-order valence-corrected chi connectivity index (χ4v) is 4.60. The summed E-state index contributed by atoms with van der Waals surface area (Å²) in [4.78, 5) is 9.01. The third kappa shape index (κ3) is 4.47. The van der Waals surface area contributed by atoms with Gasteiger partial charge in [-0.25, -0.2) is 9.97 Å². The lowest BCUT2D eigenvalue weighted by Crippen LogP contribution is -2.17. The SMILES string of the molecule is CS(C)=CCOCn1ccc2c(-c3cnn([C@H](CC#N)C4CCCC4)c3)ncnc21. The molecule has 0 amide bonds. The van der Waals surface area contributed by atoms with Crippen LogP contribution in [0.5, 0.6) is 0 Å². The third-order valence-electron chi connectivity index (χ3n) is 5.76. The fourth-order valence-electron chi connectivity index (χ4n) is 4.23. The Balaban J connectivity index is 1.58. The van der Waals surface area contributed by atoms with Gasteiger partial charge in [0.05, 0.1) is 37.0 Å². The molecular weight excluding hydrogens is 396 g/mol. The molecule has 0 bridgehead atoms. The van der Waals surface area contributed by atoms with E-state index in [0.29, 0.717) is 25.7 Å². The molecule has 0 N–H and O–H groups in total. The second kappa shape index (κ2) is 9.54. The number of aromatic nitrogens is 5. The molecule has 3 aromatic rings. The zero-order valence-corrected chi connectivity index (χ0v) is 18.4. The maximum Gasteiger partial charge on any atom is 0.145 e. The molecule has 158 valence electrons. The van der Waals surface area contributed by atoms with Gasteiger partial charge in [-0.1, -0.05) is 12.8 Å². The van der Waals surface area contributed by atoms with Gasteiger partial charge in [-0.05, 0) is 42.7 Å². The molecule has 1 fully saturated rings. The van der Waals surface area contributed by atoms with Crippen molar-refractivity contribution in [1.82, 2.24) is 24.3 Å². The smallest absolute Gasteiger partial charge is 0.145 e. The van der Waals surface area contributed by atoms with Crippen LogP contribution in [0.4, 0.5) is 0 Å². The lowest BCUT2D eigenvalue weighted by atomic mass is 9.96. The van der Waals surface area contributed by atoms with Crippen molar-refractivity contribution in [3.05, 3.63) is 31.0 Å². The Hall–Kier alpha value is -2.50. The molecule has 0 unspecified atom stereocenters. The normalized spacial score (nSPS) is 15.7. The fraction of sp³-hybridized carbons (Fsp3) is 0.500. The first kappa shape index (κ1) is 20.8. The van der Waals surface area contributed by atoms with Crippen LogP contribution in [0.1, 0.15) is 38.1 Å². The first-order chi connectivity index (χ1) is 14.7. The monoisotopic (exact) mass is 424 g/mol. The summed E-state index contributed by atoms with van der Waals surface area (Å²) in [6.45, 7) is 1.08. The molecule has 0 aromatic carbocycles. The molecule has 1 atom stereocenters. The van der Waals surface area contributed by atoms with E-state index in [1.807, 2.05) is 33.9 Å². The van der Waals surface area contributed by atoms with Gasteiger partial charge in [-0.15, -0.1) is 0 Å². The quantitative estimate of drug-likeness (QED) is 0.399. The van der Waals surface area contributed by atoms with Crippen molar-refractivity contribution in [2.45, 2.75) is 44.9 Å². The second-order valence-corrected chi connectivity index (χ2v) is 10.1. The number of nitriles is 1. The van der Waals surface area contributed by atoms with Crippen LogP contribution in [0.25, 0.3) is 22.3 Å². The number of ether oxygens (including phenoxy) is 1. The zero-order valence-electron chi connectivity index (χ0n) is 17.6. The highest BCUT2D eigenvalue weighted by Crippen LogP contribution is 2.36. The van der Waals surface area contributed by atoms with Gasteiger partial charge in [0.1, 0.15) is 18.7 Å². The maximum absolute atomic E-state index is 9.32. The number of nitrogens with zero attached hydrogens (tertiary/aromatic N) is 6. The Kier molecular flexibility index (Phi) is 6.60. The minimum absolute atomic E-state index is 0.138. The minimum Gasteiger partial charge on any atom is -0.356 e. The van der Waals surface area contributed by atoms with Gasteiger partial charge in [-0.3, -0.25) is 4.68 Å². The van der Waals surface area contributed by atoms with Crippen molar-refractivity contribution < 1.29 is 4.74 Å². The van der Waals surface area contributed by atoms with Crippen LogP contribution in [-0.4, -0.2) is 48.8 Å². The van der Waals surface area contributed by atoms with Crippen molar-refractivity contribution in [2.75, 3.05) is 19.1 Å². The second-order valence-electron chi connectivity index (χ2n) is 7.97. The van der Waals surface area contributed by atoms with E-state index in [2.05, 4.69) is 39.0 Å². The third-order valence-corrected chi connectivity index (χ3v) is 6.57. The standard InChI is InChI=1S/C22H28N6OS/c1-30(2)12-11-29-16-27-10-8-19-21(24-15-25-22(19)27)18-13-26-28(14-18)20(7-9-23)17-5-3-4-6-17/h8,10,12-15,17,20H,3-7,11,16H2,1-2H3/t20-/m1/s1. The molecule has 0 radical (unpaired) electrons. The Morgan fingerprint density at radius 3 is 2.93 bits per heavy atom.